The number of methoxy groups -OCH3 is 2. The standard InChI is InChI=1S/C20H18N2O6S/c1-25-14-8-5-9-16-18(14)22(10-17(23)26-2)20(29-16)21-19(24)15-11-27-12-6-3-4-7-13(12)28-15/h3-9,15H,10-11H2,1-2H3. The third-order valence-corrected chi connectivity index (χ3v) is 5.43. The minimum absolute atomic E-state index is 0.0601. The van der Waals surface area contributed by atoms with Crippen LogP contribution < -0.4 is 19.0 Å². The molecular weight excluding hydrogens is 396 g/mol. The minimum Gasteiger partial charge on any atom is -0.495 e. The van der Waals surface area contributed by atoms with Crippen molar-refractivity contribution in [3.8, 4) is 17.2 Å². The fourth-order valence-corrected chi connectivity index (χ4v) is 4.05. The van der Waals surface area contributed by atoms with E-state index in [2.05, 4.69) is 4.99 Å². The van der Waals surface area contributed by atoms with E-state index in [4.69, 9.17) is 18.9 Å². The van der Waals surface area contributed by atoms with E-state index >= 15 is 0 Å². The van der Waals surface area contributed by atoms with Crippen molar-refractivity contribution in [2.45, 2.75) is 12.6 Å². The number of rotatable bonds is 4. The highest BCUT2D eigenvalue weighted by molar-refractivity contribution is 7.16. The third kappa shape index (κ3) is 3.68. The van der Waals surface area contributed by atoms with Gasteiger partial charge >= 0.3 is 5.97 Å². The quantitative estimate of drug-likeness (QED) is 0.608. The summed E-state index contributed by atoms with van der Waals surface area (Å²) in [5, 5.41) is 0. The smallest absolute Gasteiger partial charge is 0.325 e. The van der Waals surface area contributed by atoms with Gasteiger partial charge < -0.3 is 23.5 Å². The molecule has 9 heteroatoms. The first kappa shape index (κ1) is 19.0. The lowest BCUT2D eigenvalue weighted by Gasteiger charge is -2.23. The summed E-state index contributed by atoms with van der Waals surface area (Å²) < 4.78 is 24.0. The van der Waals surface area contributed by atoms with Crippen molar-refractivity contribution in [1.82, 2.24) is 4.57 Å². The molecule has 150 valence electrons. The van der Waals surface area contributed by atoms with Crippen LogP contribution in [0.25, 0.3) is 10.2 Å². The van der Waals surface area contributed by atoms with Gasteiger partial charge in [0.2, 0.25) is 6.10 Å². The molecule has 3 aromatic rings. The maximum Gasteiger partial charge on any atom is 0.325 e. The first-order chi connectivity index (χ1) is 14.1. The van der Waals surface area contributed by atoms with Crippen LogP contribution in [-0.2, 0) is 20.9 Å². The molecule has 2 aromatic carbocycles. The third-order valence-electron chi connectivity index (χ3n) is 4.39. The van der Waals surface area contributed by atoms with Crippen molar-refractivity contribution in [2.24, 2.45) is 4.99 Å². The molecule has 1 unspecified atom stereocenters. The summed E-state index contributed by atoms with van der Waals surface area (Å²) >= 11 is 1.28. The summed E-state index contributed by atoms with van der Waals surface area (Å²) in [5.41, 5.74) is 0.670. The number of fused-ring (bicyclic) bond motifs is 2. The van der Waals surface area contributed by atoms with Crippen LogP contribution in [0.4, 0.5) is 0 Å². The molecule has 0 saturated heterocycles. The lowest BCUT2D eigenvalue weighted by Crippen LogP contribution is -2.37. The van der Waals surface area contributed by atoms with Gasteiger partial charge in [-0.3, -0.25) is 9.59 Å². The molecule has 4 rings (SSSR count). The number of thiazole rings is 1. The monoisotopic (exact) mass is 414 g/mol. The number of amides is 1. The van der Waals surface area contributed by atoms with E-state index in [0.717, 1.165) is 4.70 Å². The van der Waals surface area contributed by atoms with E-state index in [1.807, 2.05) is 18.2 Å². The Morgan fingerprint density at radius 3 is 2.72 bits per heavy atom. The van der Waals surface area contributed by atoms with Crippen molar-refractivity contribution in [2.75, 3.05) is 20.8 Å². The van der Waals surface area contributed by atoms with E-state index in [1.54, 1.807) is 35.9 Å². The SMILES string of the molecule is COC(=O)Cn1c(=NC(=O)C2COc3ccccc3O2)sc2cccc(OC)c21. The molecule has 1 amide bonds. The molecule has 0 radical (unpaired) electrons. The van der Waals surface area contributed by atoms with E-state index in [1.165, 1.54) is 18.4 Å². The Morgan fingerprint density at radius 1 is 1.17 bits per heavy atom. The van der Waals surface area contributed by atoms with Crippen LogP contribution in [0.5, 0.6) is 17.2 Å². The molecule has 1 aromatic heterocycles. The molecule has 29 heavy (non-hydrogen) atoms. The normalized spacial score (nSPS) is 15.9. The molecule has 1 aliphatic heterocycles. The number of aromatic nitrogens is 1. The van der Waals surface area contributed by atoms with Crippen molar-refractivity contribution < 1.29 is 28.5 Å². The van der Waals surface area contributed by atoms with Gasteiger partial charge in [0.1, 0.15) is 24.4 Å². The molecule has 0 fully saturated rings. The maximum absolute atomic E-state index is 12.8. The number of hydrogen-bond donors (Lipinski definition) is 0. The van der Waals surface area contributed by atoms with Gasteiger partial charge in [0, 0.05) is 0 Å². The Labute approximate surface area is 169 Å². The van der Waals surface area contributed by atoms with Gasteiger partial charge in [0.15, 0.2) is 16.3 Å². The molecule has 0 aliphatic carbocycles. The Kier molecular flexibility index (Phi) is 5.22. The second kappa shape index (κ2) is 7.96. The molecule has 1 atom stereocenters. The van der Waals surface area contributed by atoms with E-state index in [9.17, 15) is 9.59 Å². The second-order valence-corrected chi connectivity index (χ2v) is 7.18. The highest BCUT2D eigenvalue weighted by atomic mass is 32.1. The van der Waals surface area contributed by atoms with Gasteiger partial charge in [-0.15, -0.1) is 0 Å². The van der Waals surface area contributed by atoms with Gasteiger partial charge in [0.25, 0.3) is 5.91 Å². The van der Waals surface area contributed by atoms with E-state index in [-0.39, 0.29) is 13.2 Å². The summed E-state index contributed by atoms with van der Waals surface area (Å²) in [7, 11) is 2.85. The molecule has 2 heterocycles. The van der Waals surface area contributed by atoms with Crippen molar-refractivity contribution in [1.29, 1.82) is 0 Å². The first-order valence-electron chi connectivity index (χ1n) is 8.81. The van der Waals surface area contributed by atoms with E-state index < -0.39 is 18.0 Å². The number of nitrogens with zero attached hydrogens (tertiary/aromatic N) is 2. The molecule has 0 bridgehead atoms. The van der Waals surface area contributed by atoms with Crippen molar-refractivity contribution in [3.05, 3.63) is 47.3 Å². The Morgan fingerprint density at radius 2 is 1.97 bits per heavy atom. The van der Waals surface area contributed by atoms with E-state index in [0.29, 0.717) is 27.6 Å². The van der Waals surface area contributed by atoms with Crippen molar-refractivity contribution in [3.63, 3.8) is 0 Å². The average molecular weight is 414 g/mol. The number of hydrogen-bond acceptors (Lipinski definition) is 7. The summed E-state index contributed by atoms with van der Waals surface area (Å²) in [5.74, 6) is 0.693. The predicted molar refractivity (Wildman–Crippen MR) is 105 cm³/mol. The molecule has 0 N–H and O–H groups in total. The van der Waals surface area contributed by atoms with Crippen LogP contribution in [0.15, 0.2) is 47.5 Å². The average Bonchev–Trinajstić information content (AvgIpc) is 3.10. The zero-order valence-electron chi connectivity index (χ0n) is 15.8. The fourth-order valence-electron chi connectivity index (χ4n) is 3.00. The van der Waals surface area contributed by atoms with Crippen LogP contribution in [0, 0.1) is 0 Å². The van der Waals surface area contributed by atoms with Gasteiger partial charge in [-0.2, -0.15) is 4.99 Å². The number of ether oxygens (including phenoxy) is 4. The zero-order valence-corrected chi connectivity index (χ0v) is 16.6. The molecule has 0 saturated carbocycles. The zero-order chi connectivity index (χ0) is 20.4. The molecular formula is C20H18N2O6S. The van der Waals surface area contributed by atoms with Crippen LogP contribution in [0.1, 0.15) is 0 Å². The summed E-state index contributed by atoms with van der Waals surface area (Å²) in [6, 6.07) is 12.6. The number of benzene rings is 2. The van der Waals surface area contributed by atoms with Crippen LogP contribution >= 0.6 is 11.3 Å². The van der Waals surface area contributed by atoms with Crippen LogP contribution in [-0.4, -0.2) is 43.4 Å². The summed E-state index contributed by atoms with van der Waals surface area (Å²) in [6.07, 6.45) is -0.872. The number of esters is 1. The minimum atomic E-state index is -0.872. The maximum atomic E-state index is 12.8. The topological polar surface area (TPSA) is 88.4 Å². The van der Waals surface area contributed by atoms with Crippen molar-refractivity contribution >= 4 is 33.4 Å². The van der Waals surface area contributed by atoms with Gasteiger partial charge in [-0.1, -0.05) is 29.5 Å². The number of para-hydroxylation sites is 3. The number of carbonyl (C=O) groups excluding carboxylic acids is 2. The molecule has 8 nitrogen and oxygen atoms in total. The fraction of sp³-hybridized carbons (Fsp3) is 0.250. The largest absolute Gasteiger partial charge is 0.495 e. The number of carbonyl (C=O) groups is 2. The molecule has 0 spiro atoms. The van der Waals surface area contributed by atoms with Gasteiger partial charge in [-0.05, 0) is 24.3 Å². The highest BCUT2D eigenvalue weighted by Gasteiger charge is 2.27. The first-order valence-corrected chi connectivity index (χ1v) is 9.62. The van der Waals surface area contributed by atoms with Crippen LogP contribution in [0.2, 0.25) is 0 Å². The summed E-state index contributed by atoms with van der Waals surface area (Å²) in [4.78, 5) is 29.3. The lowest BCUT2D eigenvalue weighted by molar-refractivity contribution is -0.141. The highest BCUT2D eigenvalue weighted by Crippen LogP contribution is 2.31. The van der Waals surface area contributed by atoms with Gasteiger partial charge in [-0.25, -0.2) is 0 Å². The predicted octanol–water partition coefficient (Wildman–Crippen LogP) is 2.15. The lowest BCUT2D eigenvalue weighted by atomic mass is 10.2. The Hall–Kier alpha value is -3.33. The Bertz CT molecular complexity index is 1150. The van der Waals surface area contributed by atoms with Gasteiger partial charge in [0.05, 0.1) is 18.9 Å². The molecule has 1 aliphatic rings. The van der Waals surface area contributed by atoms with Crippen LogP contribution in [0.3, 0.4) is 0 Å². The second-order valence-electron chi connectivity index (χ2n) is 6.17. The Balaban J connectivity index is 1.74. The summed E-state index contributed by atoms with van der Waals surface area (Å²) in [6.45, 7) is -0.0432.